The quantitative estimate of drug-likeness (QED) is 0.471. The fourth-order valence-corrected chi connectivity index (χ4v) is 4.41. The van der Waals surface area contributed by atoms with E-state index in [2.05, 4.69) is 93.6 Å². The Balaban J connectivity index is 1.69. The van der Waals surface area contributed by atoms with Crippen molar-refractivity contribution in [3.8, 4) is 11.3 Å². The van der Waals surface area contributed by atoms with Gasteiger partial charge in [-0.3, -0.25) is 0 Å². The minimum absolute atomic E-state index is 0.0348. The number of hydrogen-bond acceptors (Lipinski definition) is 2. The van der Waals surface area contributed by atoms with E-state index in [0.29, 0.717) is 5.92 Å². The standard InChI is InChI=1S/C28H28N2/c1-19-8-6-10-20(14-13-19)25-24-18-22-9-4-5-12-23(22)26(24)30-27(29-25)21-11-7-16-28(2,3)17-15-21/h4-5,7,9-17,19H,6,8,18H2,1-3H3. The van der Waals surface area contributed by atoms with Crippen LogP contribution in [-0.4, -0.2) is 9.97 Å². The molecule has 30 heavy (non-hydrogen) atoms. The van der Waals surface area contributed by atoms with Gasteiger partial charge in [0, 0.05) is 28.5 Å². The Morgan fingerprint density at radius 3 is 2.70 bits per heavy atom. The van der Waals surface area contributed by atoms with Gasteiger partial charge in [-0.1, -0.05) is 93.6 Å². The molecular weight excluding hydrogens is 364 g/mol. The van der Waals surface area contributed by atoms with E-state index in [0.717, 1.165) is 35.6 Å². The van der Waals surface area contributed by atoms with Gasteiger partial charge in [-0.2, -0.15) is 0 Å². The molecule has 150 valence electrons. The highest BCUT2D eigenvalue weighted by Crippen LogP contribution is 2.40. The fourth-order valence-electron chi connectivity index (χ4n) is 4.41. The van der Waals surface area contributed by atoms with Crippen LogP contribution >= 0.6 is 0 Å². The van der Waals surface area contributed by atoms with Gasteiger partial charge in [0.2, 0.25) is 0 Å². The summed E-state index contributed by atoms with van der Waals surface area (Å²) in [6.07, 6.45) is 21.0. The van der Waals surface area contributed by atoms with Crippen molar-refractivity contribution in [3.63, 3.8) is 0 Å². The summed E-state index contributed by atoms with van der Waals surface area (Å²) in [6.45, 7) is 6.71. The first kappa shape index (κ1) is 19.0. The van der Waals surface area contributed by atoms with E-state index < -0.39 is 0 Å². The summed E-state index contributed by atoms with van der Waals surface area (Å²) in [7, 11) is 0. The summed E-state index contributed by atoms with van der Waals surface area (Å²) < 4.78 is 0. The zero-order valence-corrected chi connectivity index (χ0v) is 18.0. The molecule has 5 rings (SSSR count). The molecule has 0 amide bonds. The van der Waals surface area contributed by atoms with E-state index >= 15 is 0 Å². The van der Waals surface area contributed by atoms with Gasteiger partial charge in [-0.15, -0.1) is 0 Å². The van der Waals surface area contributed by atoms with E-state index in [-0.39, 0.29) is 5.41 Å². The molecule has 1 unspecified atom stereocenters. The Morgan fingerprint density at radius 1 is 0.967 bits per heavy atom. The van der Waals surface area contributed by atoms with E-state index in [1.54, 1.807) is 0 Å². The Hall–Kier alpha value is -3.00. The lowest BCUT2D eigenvalue weighted by atomic mass is 9.93. The van der Waals surface area contributed by atoms with Gasteiger partial charge in [0.25, 0.3) is 0 Å². The third kappa shape index (κ3) is 3.52. The molecule has 0 spiro atoms. The maximum absolute atomic E-state index is 5.15. The second-order valence-electron chi connectivity index (χ2n) is 9.27. The highest BCUT2D eigenvalue weighted by atomic mass is 14.9. The summed E-state index contributed by atoms with van der Waals surface area (Å²) in [5, 5.41) is 0. The number of aromatic nitrogens is 2. The highest BCUT2D eigenvalue weighted by molar-refractivity contribution is 5.85. The normalized spacial score (nSPS) is 21.4. The third-order valence-electron chi connectivity index (χ3n) is 6.26. The van der Waals surface area contributed by atoms with Crippen LogP contribution in [0, 0.1) is 11.3 Å². The highest BCUT2D eigenvalue weighted by Gasteiger charge is 2.26. The van der Waals surface area contributed by atoms with Crippen LogP contribution in [0.25, 0.3) is 22.4 Å². The lowest BCUT2D eigenvalue weighted by Gasteiger charge is -2.13. The lowest BCUT2D eigenvalue weighted by molar-refractivity contribution is 0.627. The first-order valence-electron chi connectivity index (χ1n) is 11.0. The van der Waals surface area contributed by atoms with Crippen molar-refractivity contribution in [2.45, 2.75) is 40.0 Å². The van der Waals surface area contributed by atoms with Gasteiger partial charge in [0.15, 0.2) is 5.82 Å². The average Bonchev–Trinajstić information content (AvgIpc) is 2.83. The molecule has 2 nitrogen and oxygen atoms in total. The Bertz CT molecular complexity index is 1160. The van der Waals surface area contributed by atoms with Crippen LogP contribution in [0.3, 0.4) is 0 Å². The molecule has 0 bridgehead atoms. The van der Waals surface area contributed by atoms with Crippen LogP contribution in [0.1, 0.15) is 56.3 Å². The first-order chi connectivity index (χ1) is 14.5. The molecule has 0 N–H and O–H groups in total. The minimum Gasteiger partial charge on any atom is -0.228 e. The smallest absolute Gasteiger partial charge is 0.160 e. The zero-order valence-electron chi connectivity index (χ0n) is 18.0. The molecule has 1 heterocycles. The zero-order chi connectivity index (χ0) is 20.7. The minimum atomic E-state index is 0.0348. The molecule has 0 aliphatic heterocycles. The van der Waals surface area contributed by atoms with Crippen molar-refractivity contribution in [1.29, 1.82) is 0 Å². The van der Waals surface area contributed by atoms with Gasteiger partial charge >= 0.3 is 0 Å². The topological polar surface area (TPSA) is 25.8 Å². The second kappa shape index (κ2) is 7.36. The van der Waals surface area contributed by atoms with Crippen LogP contribution < -0.4 is 0 Å². The fraction of sp³-hybridized carbons (Fsp3) is 0.286. The van der Waals surface area contributed by atoms with E-state index in [9.17, 15) is 0 Å². The summed E-state index contributed by atoms with van der Waals surface area (Å²) >= 11 is 0. The van der Waals surface area contributed by atoms with Gasteiger partial charge in [-0.25, -0.2) is 9.97 Å². The summed E-state index contributed by atoms with van der Waals surface area (Å²) in [5.41, 5.74) is 8.39. The average molecular weight is 393 g/mol. The monoisotopic (exact) mass is 392 g/mol. The molecular formula is C28H28N2. The van der Waals surface area contributed by atoms with Crippen LogP contribution in [0.15, 0.2) is 72.9 Å². The largest absolute Gasteiger partial charge is 0.228 e. The van der Waals surface area contributed by atoms with Gasteiger partial charge < -0.3 is 0 Å². The van der Waals surface area contributed by atoms with E-state index in [1.807, 2.05) is 0 Å². The van der Waals surface area contributed by atoms with Crippen molar-refractivity contribution in [3.05, 3.63) is 95.5 Å². The number of allylic oxidation sites excluding steroid dienone is 10. The molecule has 1 aromatic carbocycles. The maximum Gasteiger partial charge on any atom is 0.160 e. The van der Waals surface area contributed by atoms with Gasteiger partial charge in [0.05, 0.1) is 11.4 Å². The molecule has 1 atom stereocenters. The predicted octanol–water partition coefficient (Wildman–Crippen LogP) is 6.95. The van der Waals surface area contributed by atoms with Gasteiger partial charge in [0.1, 0.15) is 0 Å². The lowest BCUT2D eigenvalue weighted by Crippen LogP contribution is -2.04. The summed E-state index contributed by atoms with van der Waals surface area (Å²) in [5.74, 6) is 1.41. The predicted molar refractivity (Wildman–Crippen MR) is 126 cm³/mol. The molecule has 1 aromatic heterocycles. The molecule has 0 radical (unpaired) electrons. The molecule has 2 aromatic rings. The van der Waals surface area contributed by atoms with Crippen molar-refractivity contribution < 1.29 is 0 Å². The second-order valence-corrected chi connectivity index (χ2v) is 9.27. The van der Waals surface area contributed by atoms with Crippen molar-refractivity contribution >= 4 is 11.1 Å². The van der Waals surface area contributed by atoms with Gasteiger partial charge in [-0.05, 0) is 29.9 Å². The van der Waals surface area contributed by atoms with Crippen LogP contribution in [0.4, 0.5) is 0 Å². The molecule has 2 heteroatoms. The van der Waals surface area contributed by atoms with Crippen molar-refractivity contribution in [1.82, 2.24) is 9.97 Å². The molecule has 0 saturated heterocycles. The first-order valence-corrected chi connectivity index (χ1v) is 11.0. The number of benzene rings is 1. The third-order valence-corrected chi connectivity index (χ3v) is 6.26. The molecule has 3 aliphatic carbocycles. The molecule has 0 fully saturated rings. The Labute approximate surface area is 179 Å². The summed E-state index contributed by atoms with van der Waals surface area (Å²) in [4.78, 5) is 10.2. The SMILES string of the molecule is CC1C=CC(c2nc(C3=CC=CC(C)(C)C=C3)nc3c2Cc2ccccc2-3)=CCC1. The Kier molecular flexibility index (Phi) is 4.66. The molecule has 3 aliphatic rings. The maximum atomic E-state index is 5.15. The van der Waals surface area contributed by atoms with Crippen molar-refractivity contribution in [2.24, 2.45) is 11.3 Å². The van der Waals surface area contributed by atoms with E-state index in [1.165, 1.54) is 28.7 Å². The van der Waals surface area contributed by atoms with Crippen molar-refractivity contribution in [2.75, 3.05) is 0 Å². The van der Waals surface area contributed by atoms with E-state index in [4.69, 9.17) is 9.97 Å². The number of fused-ring (bicyclic) bond motifs is 3. The number of nitrogens with zero attached hydrogens (tertiary/aromatic N) is 2. The van der Waals surface area contributed by atoms with Crippen LogP contribution in [0.5, 0.6) is 0 Å². The Morgan fingerprint density at radius 2 is 1.80 bits per heavy atom. The number of rotatable bonds is 2. The van der Waals surface area contributed by atoms with Crippen LogP contribution in [-0.2, 0) is 6.42 Å². The van der Waals surface area contributed by atoms with Crippen LogP contribution in [0.2, 0.25) is 0 Å². The molecule has 0 saturated carbocycles. The summed E-state index contributed by atoms with van der Waals surface area (Å²) in [6, 6.07) is 8.64. The number of hydrogen-bond donors (Lipinski definition) is 0.